The third-order valence-electron chi connectivity index (χ3n) is 3.62. The van der Waals surface area contributed by atoms with Gasteiger partial charge in [0, 0.05) is 25.8 Å². The van der Waals surface area contributed by atoms with Crippen molar-refractivity contribution < 1.29 is 4.79 Å². The molecule has 7 heteroatoms. The average Bonchev–Trinajstić information content (AvgIpc) is 3.01. The van der Waals surface area contributed by atoms with E-state index in [0.29, 0.717) is 11.7 Å². The fraction of sp³-hybridized carbons (Fsp3) is 0.429. The van der Waals surface area contributed by atoms with E-state index < -0.39 is 0 Å². The number of hydrogen-bond donors (Lipinski definition) is 1. The summed E-state index contributed by atoms with van der Waals surface area (Å²) >= 11 is 0. The van der Waals surface area contributed by atoms with Crippen LogP contribution in [0, 0.1) is 5.92 Å². The summed E-state index contributed by atoms with van der Waals surface area (Å²) in [6.07, 6.45) is 7.03. The van der Waals surface area contributed by atoms with E-state index in [1.165, 1.54) is 6.33 Å². The van der Waals surface area contributed by atoms with Gasteiger partial charge in [-0.2, -0.15) is 5.10 Å². The Morgan fingerprint density at radius 3 is 3.14 bits per heavy atom. The highest BCUT2D eigenvalue weighted by Crippen LogP contribution is 2.18. The van der Waals surface area contributed by atoms with Gasteiger partial charge < -0.3 is 4.90 Å². The molecule has 2 aromatic rings. The third kappa shape index (κ3) is 3.56. The largest absolute Gasteiger partial charge is 0.324 e. The molecule has 2 amide bonds. The Morgan fingerprint density at radius 1 is 1.43 bits per heavy atom. The minimum Gasteiger partial charge on any atom is -0.324 e. The lowest BCUT2D eigenvalue weighted by molar-refractivity contribution is 0.168. The summed E-state index contributed by atoms with van der Waals surface area (Å²) in [4.78, 5) is 22.2. The molecule has 3 heterocycles. The number of rotatable bonds is 3. The van der Waals surface area contributed by atoms with Crippen LogP contribution in [0.2, 0.25) is 0 Å². The number of amides is 2. The summed E-state index contributed by atoms with van der Waals surface area (Å²) < 4.78 is 1.82. The summed E-state index contributed by atoms with van der Waals surface area (Å²) in [7, 11) is 0. The van der Waals surface area contributed by atoms with Crippen LogP contribution in [0.25, 0.3) is 0 Å². The molecule has 0 aromatic carbocycles. The van der Waals surface area contributed by atoms with Crippen LogP contribution in [-0.2, 0) is 6.54 Å². The summed E-state index contributed by atoms with van der Waals surface area (Å²) in [5.41, 5.74) is 0. The van der Waals surface area contributed by atoms with Gasteiger partial charge in [-0.15, -0.1) is 0 Å². The first kappa shape index (κ1) is 13.5. The van der Waals surface area contributed by atoms with E-state index in [1.54, 1.807) is 18.6 Å². The molecule has 0 aliphatic carbocycles. The van der Waals surface area contributed by atoms with Gasteiger partial charge in [0.1, 0.15) is 18.5 Å². The van der Waals surface area contributed by atoms with Gasteiger partial charge in [0.25, 0.3) is 0 Å². The second kappa shape index (κ2) is 6.34. The molecule has 1 aliphatic rings. The number of piperidine rings is 1. The van der Waals surface area contributed by atoms with Gasteiger partial charge in [-0.1, -0.05) is 6.07 Å². The van der Waals surface area contributed by atoms with Gasteiger partial charge in [-0.05, 0) is 30.9 Å². The molecule has 0 saturated carbocycles. The van der Waals surface area contributed by atoms with Crippen LogP contribution in [-0.4, -0.2) is 43.8 Å². The first-order valence-corrected chi connectivity index (χ1v) is 7.10. The Bertz CT molecular complexity index is 570. The van der Waals surface area contributed by atoms with E-state index in [0.717, 1.165) is 32.5 Å². The van der Waals surface area contributed by atoms with Crippen LogP contribution in [0.4, 0.5) is 10.6 Å². The molecule has 0 spiro atoms. The Labute approximate surface area is 123 Å². The maximum atomic E-state index is 12.3. The lowest BCUT2D eigenvalue weighted by Gasteiger charge is -2.32. The van der Waals surface area contributed by atoms with Gasteiger partial charge in [-0.25, -0.2) is 14.8 Å². The number of hydrogen-bond acceptors (Lipinski definition) is 4. The predicted octanol–water partition coefficient (Wildman–Crippen LogP) is 1.62. The van der Waals surface area contributed by atoms with Crippen molar-refractivity contribution in [3.63, 3.8) is 0 Å². The van der Waals surface area contributed by atoms with Crippen molar-refractivity contribution in [2.45, 2.75) is 19.4 Å². The molecule has 2 aromatic heterocycles. The van der Waals surface area contributed by atoms with E-state index in [4.69, 9.17) is 0 Å². The number of likely N-dealkylation sites (tertiary alicyclic amines) is 1. The molecular formula is C14H18N6O. The smallest absolute Gasteiger partial charge is 0.323 e. The van der Waals surface area contributed by atoms with Crippen molar-refractivity contribution in [2.75, 3.05) is 18.4 Å². The van der Waals surface area contributed by atoms with Crippen LogP contribution in [0.5, 0.6) is 0 Å². The first-order chi connectivity index (χ1) is 10.3. The topological polar surface area (TPSA) is 75.9 Å². The van der Waals surface area contributed by atoms with E-state index in [2.05, 4.69) is 20.4 Å². The molecule has 7 nitrogen and oxygen atoms in total. The Kier molecular flexibility index (Phi) is 4.09. The zero-order valence-electron chi connectivity index (χ0n) is 11.7. The molecule has 1 aliphatic heterocycles. The van der Waals surface area contributed by atoms with Crippen LogP contribution in [0.3, 0.4) is 0 Å². The second-order valence-electron chi connectivity index (χ2n) is 5.22. The van der Waals surface area contributed by atoms with Crippen LogP contribution in [0.15, 0.2) is 37.1 Å². The highest BCUT2D eigenvalue weighted by molar-refractivity contribution is 5.88. The monoisotopic (exact) mass is 286 g/mol. The maximum Gasteiger partial charge on any atom is 0.323 e. The summed E-state index contributed by atoms with van der Waals surface area (Å²) in [6, 6.07) is 5.38. The van der Waals surface area contributed by atoms with Gasteiger partial charge in [0.05, 0.1) is 0 Å². The van der Waals surface area contributed by atoms with E-state index >= 15 is 0 Å². The Morgan fingerprint density at radius 2 is 2.38 bits per heavy atom. The molecule has 1 fully saturated rings. The molecule has 21 heavy (non-hydrogen) atoms. The zero-order chi connectivity index (χ0) is 14.5. The molecule has 1 atom stereocenters. The predicted molar refractivity (Wildman–Crippen MR) is 77.6 cm³/mol. The highest BCUT2D eigenvalue weighted by atomic mass is 16.2. The molecule has 0 radical (unpaired) electrons. The normalized spacial score (nSPS) is 18.5. The minimum absolute atomic E-state index is 0.0861. The van der Waals surface area contributed by atoms with Crippen molar-refractivity contribution in [1.82, 2.24) is 24.6 Å². The molecule has 1 N–H and O–H groups in total. The lowest BCUT2D eigenvalue weighted by Crippen LogP contribution is -2.43. The molecule has 0 bridgehead atoms. The van der Waals surface area contributed by atoms with E-state index in [-0.39, 0.29) is 6.03 Å². The maximum absolute atomic E-state index is 12.3. The standard InChI is InChI=1S/C14H18N6O/c21-14(18-13-5-1-2-6-16-13)19-7-3-4-12(8-19)9-20-11-15-10-17-20/h1-2,5-6,10-12H,3-4,7-9H2,(H,16,18,21)/t12-/m0/s1. The summed E-state index contributed by atoms with van der Waals surface area (Å²) in [6.45, 7) is 2.32. The van der Waals surface area contributed by atoms with Gasteiger partial charge in [0.2, 0.25) is 0 Å². The third-order valence-corrected chi connectivity index (χ3v) is 3.62. The van der Waals surface area contributed by atoms with Crippen molar-refractivity contribution >= 4 is 11.8 Å². The number of carbonyl (C=O) groups excluding carboxylic acids is 1. The number of nitrogens with zero attached hydrogens (tertiary/aromatic N) is 5. The molecule has 110 valence electrons. The van der Waals surface area contributed by atoms with Gasteiger partial charge >= 0.3 is 6.03 Å². The molecule has 0 unspecified atom stereocenters. The molecular weight excluding hydrogens is 268 g/mol. The average molecular weight is 286 g/mol. The number of nitrogens with one attached hydrogen (secondary N) is 1. The van der Waals surface area contributed by atoms with Crippen LogP contribution < -0.4 is 5.32 Å². The Hall–Kier alpha value is -2.44. The van der Waals surface area contributed by atoms with Crippen LogP contribution >= 0.6 is 0 Å². The fourth-order valence-corrected chi connectivity index (χ4v) is 2.62. The first-order valence-electron chi connectivity index (χ1n) is 7.10. The van der Waals surface area contributed by atoms with Crippen molar-refractivity contribution in [1.29, 1.82) is 0 Å². The highest BCUT2D eigenvalue weighted by Gasteiger charge is 2.24. The van der Waals surface area contributed by atoms with Crippen LogP contribution in [0.1, 0.15) is 12.8 Å². The Balaban J connectivity index is 1.56. The number of urea groups is 1. The number of pyridine rings is 1. The van der Waals surface area contributed by atoms with Crippen molar-refractivity contribution in [3.05, 3.63) is 37.1 Å². The fourth-order valence-electron chi connectivity index (χ4n) is 2.62. The van der Waals surface area contributed by atoms with Gasteiger partial charge in [0.15, 0.2) is 0 Å². The van der Waals surface area contributed by atoms with Crippen molar-refractivity contribution in [2.24, 2.45) is 5.92 Å². The SMILES string of the molecule is O=C(Nc1ccccn1)N1CCC[C@H](Cn2cncn2)C1. The zero-order valence-corrected chi connectivity index (χ0v) is 11.7. The second-order valence-corrected chi connectivity index (χ2v) is 5.22. The lowest BCUT2D eigenvalue weighted by atomic mass is 9.98. The number of carbonyl (C=O) groups is 1. The quantitative estimate of drug-likeness (QED) is 0.930. The number of anilines is 1. The van der Waals surface area contributed by atoms with Crippen molar-refractivity contribution in [3.8, 4) is 0 Å². The molecule has 3 rings (SSSR count). The van der Waals surface area contributed by atoms with Gasteiger partial charge in [-0.3, -0.25) is 10.00 Å². The van der Waals surface area contributed by atoms with E-state index in [1.807, 2.05) is 21.7 Å². The van der Waals surface area contributed by atoms with E-state index in [9.17, 15) is 4.79 Å². The minimum atomic E-state index is -0.0861. The number of aromatic nitrogens is 4. The summed E-state index contributed by atoms with van der Waals surface area (Å²) in [5, 5.41) is 6.96. The summed E-state index contributed by atoms with van der Waals surface area (Å²) in [5.74, 6) is 0.996. The molecule has 1 saturated heterocycles.